The van der Waals surface area contributed by atoms with E-state index in [0.29, 0.717) is 11.8 Å². The first kappa shape index (κ1) is 48.9. The van der Waals surface area contributed by atoms with E-state index >= 15 is 0 Å². The number of benzene rings is 4. The summed E-state index contributed by atoms with van der Waals surface area (Å²) in [7, 11) is 0. The molecule has 5 aliphatic carbocycles. The molecule has 12 rings (SSSR count). The van der Waals surface area contributed by atoms with Gasteiger partial charge in [-0.25, -0.2) is 0 Å². The minimum absolute atomic E-state index is 0.0777. The lowest BCUT2D eigenvalue weighted by atomic mass is 9.34. The number of nitrogens with zero attached hydrogens (tertiary/aromatic N) is 2. The minimum atomic E-state index is 0.0777. The lowest BCUT2D eigenvalue weighted by Gasteiger charge is -2.51. The van der Waals surface area contributed by atoms with Crippen LogP contribution in [0.5, 0.6) is 0 Å². The van der Waals surface area contributed by atoms with Crippen LogP contribution in [0.1, 0.15) is 232 Å². The van der Waals surface area contributed by atoms with Gasteiger partial charge in [0.25, 0.3) is 6.71 Å². The number of aryl methyl sites for hydroxylation is 1. The molecule has 0 spiro atoms. The molecule has 0 saturated heterocycles. The third-order valence-corrected chi connectivity index (χ3v) is 22.5. The highest BCUT2D eigenvalue weighted by atomic mass is 32.1. The summed E-state index contributed by atoms with van der Waals surface area (Å²) in [6.07, 6.45) is 13.5. The van der Waals surface area contributed by atoms with Crippen molar-refractivity contribution in [1.82, 2.24) is 0 Å². The normalized spacial score (nSPS) is 24.9. The number of hydrogen-bond donors (Lipinski definition) is 0. The molecule has 1 aromatic heterocycles. The van der Waals surface area contributed by atoms with Crippen LogP contribution in [0.15, 0.2) is 77.5 Å². The van der Waals surface area contributed by atoms with Gasteiger partial charge < -0.3 is 9.80 Å². The second-order valence-corrected chi connectivity index (χ2v) is 31.4. The van der Waals surface area contributed by atoms with Crippen molar-refractivity contribution in [2.75, 3.05) is 9.80 Å². The van der Waals surface area contributed by atoms with Gasteiger partial charge in [0.15, 0.2) is 0 Å². The summed E-state index contributed by atoms with van der Waals surface area (Å²) in [5.74, 6) is 0.848. The van der Waals surface area contributed by atoms with Crippen molar-refractivity contribution in [3.63, 3.8) is 0 Å². The molecule has 0 fully saturated rings. The zero-order valence-electron chi connectivity index (χ0n) is 48.2. The monoisotopic (exact) mass is 975 g/mol. The Hall–Kier alpha value is -4.02. The standard InChI is InChI=1S/C68H87BN2S/c1-39(2)41-31-55-58-56(32-41)71(53-36-49-45(30-40(53)3)62(6,7)24-27-66(49,14)15)54-37-50-48(65(12,13)26-28-67(50,16)17)35-52(54)69(58)60-59(43-34-47-51(38-57(43)72-60)68(18,19)29-25-64(47,10)11)70(55)42-20-21-44-46(33-42)63(8,9)23-22-61(44,4)5/h20-21,30-31,33-39,41H,22-29,32H2,1-19H3. The Bertz CT molecular complexity index is 3240. The molecule has 2 aliphatic heterocycles. The molecule has 0 radical (unpaired) electrons. The van der Waals surface area contributed by atoms with Crippen molar-refractivity contribution in [1.29, 1.82) is 0 Å². The Morgan fingerprint density at radius 1 is 0.500 bits per heavy atom. The van der Waals surface area contributed by atoms with Gasteiger partial charge in [-0.15, -0.1) is 11.3 Å². The molecule has 3 heterocycles. The van der Waals surface area contributed by atoms with Crippen molar-refractivity contribution >= 4 is 61.1 Å². The van der Waals surface area contributed by atoms with Gasteiger partial charge in [0.1, 0.15) is 0 Å². The molecule has 4 heteroatoms. The molecule has 0 saturated carbocycles. The maximum absolute atomic E-state index is 2.88. The molecule has 0 amide bonds. The molecule has 1 atom stereocenters. The van der Waals surface area contributed by atoms with Gasteiger partial charge in [-0.2, -0.15) is 0 Å². The fraction of sp³-hybridized carbons (Fsp3) is 0.559. The number of thiophene rings is 1. The first-order valence-corrected chi connectivity index (χ1v) is 29.3. The van der Waals surface area contributed by atoms with Crippen molar-refractivity contribution in [3.8, 4) is 0 Å². The first-order chi connectivity index (χ1) is 33.4. The summed E-state index contributed by atoms with van der Waals surface area (Å²) in [6.45, 7) is 47.7. The lowest BCUT2D eigenvalue weighted by molar-refractivity contribution is 0.331. The summed E-state index contributed by atoms with van der Waals surface area (Å²) in [5, 5.41) is 1.45. The molecule has 2 nitrogen and oxygen atoms in total. The second kappa shape index (κ2) is 15.1. The maximum Gasteiger partial charge on any atom is 0.264 e. The largest absolute Gasteiger partial charge is 0.315 e. The van der Waals surface area contributed by atoms with E-state index in [0.717, 1.165) is 6.42 Å². The fourth-order valence-corrected chi connectivity index (χ4v) is 16.9. The Morgan fingerprint density at radius 2 is 0.944 bits per heavy atom. The highest BCUT2D eigenvalue weighted by Crippen LogP contribution is 2.58. The SMILES string of the molecule is Cc1cc2c(cc1N1C3=C4B(c5cc6c(cc51)C(C)(C)CCC6(C)C)c1sc5cc6c(cc5c1N(c1ccc5c(c1)C(C)(C)CCC5(C)C)C4=CC(C(C)C)C3)C(C)(C)CCC6(C)C)C(C)(C)CCC2(C)C. The van der Waals surface area contributed by atoms with E-state index in [-0.39, 0.29) is 50.0 Å². The average Bonchev–Trinajstić information content (AvgIpc) is 3.67. The number of rotatable bonds is 3. The van der Waals surface area contributed by atoms with Gasteiger partial charge in [0, 0.05) is 43.3 Å². The predicted molar refractivity (Wildman–Crippen MR) is 314 cm³/mol. The first-order valence-electron chi connectivity index (χ1n) is 28.5. The van der Waals surface area contributed by atoms with Gasteiger partial charge in [-0.1, -0.05) is 149 Å². The van der Waals surface area contributed by atoms with E-state index < -0.39 is 0 Å². The molecule has 7 aliphatic rings. The number of hydrogen-bond acceptors (Lipinski definition) is 3. The van der Waals surface area contributed by atoms with Crippen LogP contribution in [0.4, 0.5) is 22.7 Å². The fourth-order valence-electron chi connectivity index (χ4n) is 15.5. The van der Waals surface area contributed by atoms with Gasteiger partial charge in [0.2, 0.25) is 0 Å². The van der Waals surface area contributed by atoms with Crippen LogP contribution >= 0.6 is 11.3 Å². The quantitative estimate of drug-likeness (QED) is 0.166. The van der Waals surface area contributed by atoms with E-state index in [1.807, 2.05) is 0 Å². The maximum atomic E-state index is 2.88. The van der Waals surface area contributed by atoms with Gasteiger partial charge in [-0.05, 0) is 217 Å². The third kappa shape index (κ3) is 6.90. The minimum Gasteiger partial charge on any atom is -0.315 e. The van der Waals surface area contributed by atoms with Crippen molar-refractivity contribution in [2.24, 2.45) is 11.8 Å². The molecule has 4 aromatic carbocycles. The van der Waals surface area contributed by atoms with E-state index in [2.05, 4.69) is 213 Å². The summed E-state index contributed by atoms with van der Waals surface area (Å²) < 4.78 is 2.99. The van der Waals surface area contributed by atoms with Crippen LogP contribution in [-0.2, 0) is 43.3 Å². The van der Waals surface area contributed by atoms with Crippen molar-refractivity contribution in [2.45, 2.75) is 233 Å². The van der Waals surface area contributed by atoms with E-state index in [1.54, 1.807) is 38.9 Å². The topological polar surface area (TPSA) is 6.48 Å². The number of anilines is 4. The molecule has 1 unspecified atom stereocenters. The van der Waals surface area contributed by atoms with Crippen molar-refractivity contribution < 1.29 is 0 Å². The van der Waals surface area contributed by atoms with E-state index in [9.17, 15) is 0 Å². The van der Waals surface area contributed by atoms with Crippen molar-refractivity contribution in [3.05, 3.63) is 128 Å². The molecular formula is C68H87BN2S. The number of fused-ring (bicyclic) bond motifs is 10. The Labute approximate surface area is 440 Å². The molecule has 378 valence electrons. The molecule has 72 heavy (non-hydrogen) atoms. The summed E-state index contributed by atoms with van der Waals surface area (Å²) in [5.41, 5.74) is 26.3. The molecule has 0 N–H and O–H groups in total. The van der Waals surface area contributed by atoms with Crippen LogP contribution in [0.3, 0.4) is 0 Å². The molecule has 0 bridgehead atoms. The highest BCUT2D eigenvalue weighted by Gasteiger charge is 2.52. The van der Waals surface area contributed by atoms with Crippen LogP contribution in [0.25, 0.3) is 10.1 Å². The van der Waals surface area contributed by atoms with Gasteiger partial charge in [-0.3, -0.25) is 0 Å². The predicted octanol–water partition coefficient (Wildman–Crippen LogP) is 17.9. The Kier molecular flexibility index (Phi) is 10.3. The molecular weight excluding hydrogens is 888 g/mol. The average molecular weight is 975 g/mol. The number of allylic oxidation sites excluding steroid dienone is 3. The zero-order chi connectivity index (χ0) is 51.6. The second-order valence-electron chi connectivity index (χ2n) is 30.3. The summed E-state index contributed by atoms with van der Waals surface area (Å²) in [4.78, 5) is 5.73. The van der Waals surface area contributed by atoms with E-state index in [4.69, 9.17) is 0 Å². The van der Waals surface area contributed by atoms with Crippen LogP contribution < -0.4 is 20.0 Å². The zero-order valence-corrected chi connectivity index (χ0v) is 49.0. The van der Waals surface area contributed by atoms with Gasteiger partial charge >= 0.3 is 0 Å². The van der Waals surface area contributed by atoms with Crippen LogP contribution in [0, 0.1) is 18.8 Å². The lowest BCUT2D eigenvalue weighted by Crippen LogP contribution is -2.57. The Morgan fingerprint density at radius 3 is 1.47 bits per heavy atom. The van der Waals surface area contributed by atoms with Crippen LogP contribution in [-0.4, -0.2) is 6.71 Å². The molecule has 5 aromatic rings. The summed E-state index contributed by atoms with van der Waals surface area (Å²) in [6, 6.07) is 24.0. The Balaban J connectivity index is 1.24. The van der Waals surface area contributed by atoms with Crippen LogP contribution in [0.2, 0.25) is 0 Å². The third-order valence-electron chi connectivity index (χ3n) is 21.2. The van der Waals surface area contributed by atoms with E-state index in [1.165, 1.54) is 123 Å². The smallest absolute Gasteiger partial charge is 0.264 e. The summed E-state index contributed by atoms with van der Waals surface area (Å²) >= 11 is 2.13. The van der Waals surface area contributed by atoms with Gasteiger partial charge in [0.05, 0.1) is 5.69 Å². The highest BCUT2D eigenvalue weighted by molar-refractivity contribution is 7.32.